The van der Waals surface area contributed by atoms with E-state index in [1.165, 1.54) is 0 Å². The number of hydrogen-bond donors (Lipinski definition) is 1. The van der Waals surface area contributed by atoms with Gasteiger partial charge in [-0.25, -0.2) is 4.98 Å². The van der Waals surface area contributed by atoms with E-state index in [1.807, 2.05) is 23.2 Å². The molecule has 6 nitrogen and oxygen atoms in total. The number of carbonyl (C=O) groups is 1. The standard InChI is InChI=1S/C15H19N5O/c1-2-5-13-17-14(19-18-13)15(21)20-9-4-7-12(20)11-6-3-8-16-10-11/h3,6,8,10,12H,2,4-5,7,9H2,1H3,(H,17,18,19). The summed E-state index contributed by atoms with van der Waals surface area (Å²) in [4.78, 5) is 22.9. The third kappa shape index (κ3) is 2.79. The summed E-state index contributed by atoms with van der Waals surface area (Å²) in [6.07, 6.45) is 7.33. The minimum absolute atomic E-state index is 0.0827. The fourth-order valence-corrected chi connectivity index (χ4v) is 2.80. The molecule has 1 saturated heterocycles. The average Bonchev–Trinajstić information content (AvgIpc) is 3.17. The van der Waals surface area contributed by atoms with Gasteiger partial charge in [0.1, 0.15) is 5.82 Å². The number of nitrogens with zero attached hydrogens (tertiary/aromatic N) is 4. The van der Waals surface area contributed by atoms with Crippen LogP contribution >= 0.6 is 0 Å². The van der Waals surface area contributed by atoms with E-state index < -0.39 is 0 Å². The number of hydrogen-bond acceptors (Lipinski definition) is 4. The number of amides is 1. The van der Waals surface area contributed by atoms with Crippen LogP contribution in [0, 0.1) is 0 Å². The molecular weight excluding hydrogens is 266 g/mol. The lowest BCUT2D eigenvalue weighted by atomic mass is 10.1. The van der Waals surface area contributed by atoms with Crippen molar-refractivity contribution in [2.24, 2.45) is 0 Å². The maximum atomic E-state index is 12.6. The summed E-state index contributed by atoms with van der Waals surface area (Å²) in [5.74, 6) is 0.951. The second-order valence-electron chi connectivity index (χ2n) is 5.30. The predicted molar refractivity (Wildman–Crippen MR) is 77.6 cm³/mol. The molecule has 1 aliphatic rings. The van der Waals surface area contributed by atoms with Crippen LogP contribution in [0.15, 0.2) is 24.5 Å². The van der Waals surface area contributed by atoms with Crippen molar-refractivity contribution >= 4 is 5.91 Å². The quantitative estimate of drug-likeness (QED) is 0.933. The van der Waals surface area contributed by atoms with Crippen LogP contribution in [0.25, 0.3) is 0 Å². The van der Waals surface area contributed by atoms with Gasteiger partial charge in [-0.15, -0.1) is 5.10 Å². The van der Waals surface area contributed by atoms with E-state index in [0.717, 1.165) is 43.6 Å². The van der Waals surface area contributed by atoms with E-state index in [9.17, 15) is 4.79 Å². The SMILES string of the molecule is CCCc1nc(C(=O)N2CCCC2c2cccnc2)n[nH]1. The molecule has 1 amide bonds. The van der Waals surface area contributed by atoms with Crippen LogP contribution in [0.4, 0.5) is 0 Å². The molecule has 0 aromatic carbocycles. The third-order valence-corrected chi connectivity index (χ3v) is 3.79. The van der Waals surface area contributed by atoms with E-state index >= 15 is 0 Å². The molecule has 0 saturated carbocycles. The van der Waals surface area contributed by atoms with Crippen LogP contribution in [-0.4, -0.2) is 37.5 Å². The number of H-pyrrole nitrogens is 1. The van der Waals surface area contributed by atoms with Crippen LogP contribution in [0.1, 0.15) is 54.2 Å². The van der Waals surface area contributed by atoms with Gasteiger partial charge in [-0.3, -0.25) is 14.9 Å². The Balaban J connectivity index is 1.79. The number of rotatable bonds is 4. The van der Waals surface area contributed by atoms with Crippen LogP contribution < -0.4 is 0 Å². The zero-order valence-corrected chi connectivity index (χ0v) is 12.1. The molecule has 3 heterocycles. The Bertz CT molecular complexity index is 610. The van der Waals surface area contributed by atoms with E-state index in [4.69, 9.17) is 0 Å². The highest BCUT2D eigenvalue weighted by molar-refractivity contribution is 5.90. The van der Waals surface area contributed by atoms with Gasteiger partial charge in [-0.05, 0) is 30.9 Å². The Kier molecular flexibility index (Phi) is 3.94. The van der Waals surface area contributed by atoms with Gasteiger partial charge in [0.05, 0.1) is 6.04 Å². The van der Waals surface area contributed by atoms with Gasteiger partial charge in [0.2, 0.25) is 5.82 Å². The molecule has 1 fully saturated rings. The van der Waals surface area contributed by atoms with Crippen LogP contribution in [0.5, 0.6) is 0 Å². The number of aryl methyl sites for hydroxylation is 1. The highest BCUT2D eigenvalue weighted by Gasteiger charge is 2.32. The van der Waals surface area contributed by atoms with Gasteiger partial charge in [-0.1, -0.05) is 13.0 Å². The van der Waals surface area contributed by atoms with Gasteiger partial charge < -0.3 is 4.90 Å². The largest absolute Gasteiger partial charge is 0.329 e. The fourth-order valence-electron chi connectivity index (χ4n) is 2.80. The molecule has 6 heteroatoms. The van der Waals surface area contributed by atoms with Crippen molar-refractivity contribution in [1.82, 2.24) is 25.1 Å². The van der Waals surface area contributed by atoms with Crippen LogP contribution in [-0.2, 0) is 6.42 Å². The molecule has 2 aromatic rings. The molecule has 0 radical (unpaired) electrons. The summed E-state index contributed by atoms with van der Waals surface area (Å²) in [6, 6.07) is 4.01. The van der Waals surface area contributed by atoms with Crippen molar-refractivity contribution in [3.8, 4) is 0 Å². The average molecular weight is 285 g/mol. The summed E-state index contributed by atoms with van der Waals surface area (Å²) >= 11 is 0. The second kappa shape index (κ2) is 6.03. The lowest BCUT2D eigenvalue weighted by Gasteiger charge is -2.23. The Hall–Kier alpha value is -2.24. The van der Waals surface area contributed by atoms with Crippen LogP contribution in [0.2, 0.25) is 0 Å². The van der Waals surface area contributed by atoms with Crippen molar-refractivity contribution in [1.29, 1.82) is 0 Å². The number of carbonyl (C=O) groups excluding carboxylic acids is 1. The van der Waals surface area contributed by atoms with Gasteiger partial charge in [0.15, 0.2) is 0 Å². The first-order valence-electron chi connectivity index (χ1n) is 7.41. The molecule has 0 aliphatic carbocycles. The Labute approximate surface area is 123 Å². The van der Waals surface area contributed by atoms with Crippen LogP contribution in [0.3, 0.4) is 0 Å². The van der Waals surface area contributed by atoms with E-state index in [2.05, 4.69) is 27.1 Å². The molecule has 0 spiro atoms. The maximum absolute atomic E-state index is 12.6. The van der Waals surface area contributed by atoms with Gasteiger partial charge in [-0.2, -0.15) is 0 Å². The van der Waals surface area contributed by atoms with Gasteiger partial charge >= 0.3 is 0 Å². The molecule has 3 rings (SSSR count). The zero-order chi connectivity index (χ0) is 14.7. The molecule has 21 heavy (non-hydrogen) atoms. The summed E-state index contributed by atoms with van der Waals surface area (Å²) < 4.78 is 0. The minimum Gasteiger partial charge on any atom is -0.329 e. The molecule has 1 aliphatic heterocycles. The lowest BCUT2D eigenvalue weighted by molar-refractivity contribution is 0.0723. The maximum Gasteiger partial charge on any atom is 0.294 e. The predicted octanol–water partition coefficient (Wildman–Crippen LogP) is 2.13. The highest BCUT2D eigenvalue weighted by Crippen LogP contribution is 2.32. The second-order valence-corrected chi connectivity index (χ2v) is 5.30. The summed E-state index contributed by atoms with van der Waals surface area (Å²) in [6.45, 7) is 2.82. The number of nitrogens with one attached hydrogen (secondary N) is 1. The molecule has 1 N–H and O–H groups in total. The summed E-state index contributed by atoms with van der Waals surface area (Å²) in [5.41, 5.74) is 1.08. The first-order valence-corrected chi connectivity index (χ1v) is 7.41. The number of aromatic amines is 1. The van der Waals surface area contributed by atoms with Crippen molar-refractivity contribution in [2.45, 2.75) is 38.6 Å². The fraction of sp³-hybridized carbons (Fsp3) is 0.467. The first kappa shape index (κ1) is 13.7. The molecule has 2 aromatic heterocycles. The molecule has 1 atom stereocenters. The lowest BCUT2D eigenvalue weighted by Crippen LogP contribution is -2.31. The monoisotopic (exact) mass is 285 g/mol. The molecular formula is C15H19N5O. The zero-order valence-electron chi connectivity index (χ0n) is 12.1. The molecule has 1 unspecified atom stereocenters. The topological polar surface area (TPSA) is 74.8 Å². The van der Waals surface area contributed by atoms with Crippen molar-refractivity contribution in [3.63, 3.8) is 0 Å². The Morgan fingerprint density at radius 2 is 2.43 bits per heavy atom. The molecule has 0 bridgehead atoms. The molecule has 110 valence electrons. The summed E-state index contributed by atoms with van der Waals surface area (Å²) in [5, 5.41) is 6.91. The Morgan fingerprint density at radius 1 is 1.52 bits per heavy atom. The number of aromatic nitrogens is 4. The van der Waals surface area contributed by atoms with E-state index in [1.54, 1.807) is 6.20 Å². The number of likely N-dealkylation sites (tertiary alicyclic amines) is 1. The minimum atomic E-state index is -0.0973. The Morgan fingerprint density at radius 3 is 3.19 bits per heavy atom. The van der Waals surface area contributed by atoms with Crippen molar-refractivity contribution < 1.29 is 4.79 Å². The third-order valence-electron chi connectivity index (χ3n) is 3.79. The van der Waals surface area contributed by atoms with Crippen molar-refractivity contribution in [3.05, 3.63) is 41.7 Å². The van der Waals surface area contributed by atoms with E-state index in [0.29, 0.717) is 0 Å². The van der Waals surface area contributed by atoms with E-state index in [-0.39, 0.29) is 17.8 Å². The normalized spacial score (nSPS) is 18.1. The van der Waals surface area contributed by atoms with Crippen molar-refractivity contribution in [2.75, 3.05) is 6.54 Å². The van der Waals surface area contributed by atoms with Gasteiger partial charge in [0.25, 0.3) is 5.91 Å². The first-order chi connectivity index (χ1) is 10.3. The van der Waals surface area contributed by atoms with Gasteiger partial charge in [0, 0.05) is 25.4 Å². The number of pyridine rings is 1. The highest BCUT2D eigenvalue weighted by atomic mass is 16.2. The summed E-state index contributed by atoms with van der Waals surface area (Å²) in [7, 11) is 0. The smallest absolute Gasteiger partial charge is 0.294 e.